The number of piperidine rings is 1. The van der Waals surface area contributed by atoms with Crippen LogP contribution in [0.1, 0.15) is 30.4 Å². The Morgan fingerprint density at radius 1 is 1.42 bits per heavy atom. The zero-order chi connectivity index (χ0) is 13.9. The van der Waals surface area contributed by atoms with E-state index in [0.717, 1.165) is 37.1 Å². The maximum absolute atomic E-state index is 13.3. The molecule has 1 heterocycles. The molecule has 1 aromatic carbocycles. The van der Waals surface area contributed by atoms with Crippen LogP contribution in [-0.2, 0) is 10.2 Å². The van der Waals surface area contributed by atoms with Crippen LogP contribution in [0.4, 0.5) is 4.39 Å². The first-order valence-electron chi connectivity index (χ1n) is 6.75. The lowest BCUT2D eigenvalue weighted by Crippen LogP contribution is -2.43. The predicted molar refractivity (Wildman–Crippen MR) is 73.6 cm³/mol. The minimum absolute atomic E-state index is 0.0469. The van der Waals surface area contributed by atoms with E-state index in [1.165, 1.54) is 6.07 Å². The number of hydrogen-bond acceptors (Lipinski definition) is 2. The molecule has 0 saturated carbocycles. The molecule has 1 aliphatic heterocycles. The highest BCUT2D eigenvalue weighted by atomic mass is 19.1. The highest BCUT2D eigenvalue weighted by molar-refractivity contribution is 5.77. The van der Waals surface area contributed by atoms with E-state index in [4.69, 9.17) is 0 Å². The van der Waals surface area contributed by atoms with Crippen LogP contribution < -0.4 is 10.6 Å². The van der Waals surface area contributed by atoms with Crippen LogP contribution in [0.25, 0.3) is 0 Å². The predicted octanol–water partition coefficient (Wildman–Crippen LogP) is 1.89. The van der Waals surface area contributed by atoms with Gasteiger partial charge >= 0.3 is 0 Å². The molecule has 19 heavy (non-hydrogen) atoms. The third kappa shape index (κ3) is 2.95. The molecule has 0 spiro atoms. The quantitative estimate of drug-likeness (QED) is 0.875. The summed E-state index contributed by atoms with van der Waals surface area (Å²) in [7, 11) is 1.66. The van der Waals surface area contributed by atoms with Crippen LogP contribution in [-0.4, -0.2) is 26.0 Å². The van der Waals surface area contributed by atoms with Crippen LogP contribution in [0.5, 0.6) is 0 Å². The van der Waals surface area contributed by atoms with Crippen LogP contribution in [0.3, 0.4) is 0 Å². The summed E-state index contributed by atoms with van der Waals surface area (Å²) in [6.45, 7) is 3.72. The third-order valence-electron chi connectivity index (χ3n) is 4.10. The first-order chi connectivity index (χ1) is 9.07. The molecule has 0 aliphatic carbocycles. The SMILES string of the molecule is CNC(=O)CC1(c2ccc(F)cc2C)CCNCC1. The molecule has 0 bridgehead atoms. The highest BCUT2D eigenvalue weighted by Gasteiger charge is 2.36. The fourth-order valence-electron chi connectivity index (χ4n) is 3.06. The van der Waals surface area contributed by atoms with E-state index in [1.54, 1.807) is 13.1 Å². The Labute approximate surface area is 113 Å². The average Bonchev–Trinajstić information content (AvgIpc) is 2.39. The summed E-state index contributed by atoms with van der Waals surface area (Å²) in [5.74, 6) is -0.170. The Hall–Kier alpha value is -1.42. The molecule has 1 aromatic rings. The Kier molecular flexibility index (Phi) is 4.20. The van der Waals surface area contributed by atoms with E-state index in [9.17, 15) is 9.18 Å². The molecule has 3 nitrogen and oxygen atoms in total. The van der Waals surface area contributed by atoms with Gasteiger partial charge in [-0.05, 0) is 56.1 Å². The van der Waals surface area contributed by atoms with Crippen LogP contribution in [0, 0.1) is 12.7 Å². The molecule has 4 heteroatoms. The molecule has 0 aromatic heterocycles. The lowest BCUT2D eigenvalue weighted by atomic mass is 9.69. The number of carbonyl (C=O) groups excluding carboxylic acids is 1. The molecule has 2 rings (SSSR count). The lowest BCUT2D eigenvalue weighted by Gasteiger charge is -2.38. The number of aryl methyl sites for hydroxylation is 1. The monoisotopic (exact) mass is 264 g/mol. The average molecular weight is 264 g/mol. The maximum Gasteiger partial charge on any atom is 0.220 e. The molecular formula is C15H21FN2O. The summed E-state index contributed by atoms with van der Waals surface area (Å²) < 4.78 is 13.3. The molecule has 1 aliphatic rings. The molecule has 0 unspecified atom stereocenters. The normalized spacial score (nSPS) is 18.1. The topological polar surface area (TPSA) is 41.1 Å². The summed E-state index contributed by atoms with van der Waals surface area (Å²) in [4.78, 5) is 11.8. The van der Waals surface area contributed by atoms with Gasteiger partial charge in [-0.1, -0.05) is 6.07 Å². The van der Waals surface area contributed by atoms with Gasteiger partial charge in [0.15, 0.2) is 0 Å². The summed E-state index contributed by atoms with van der Waals surface area (Å²) in [6.07, 6.45) is 2.29. The van der Waals surface area contributed by atoms with Crippen LogP contribution >= 0.6 is 0 Å². The molecule has 2 N–H and O–H groups in total. The van der Waals surface area contributed by atoms with E-state index >= 15 is 0 Å². The minimum atomic E-state index is -0.217. The zero-order valence-corrected chi connectivity index (χ0v) is 11.6. The summed E-state index contributed by atoms with van der Waals surface area (Å²) >= 11 is 0. The highest BCUT2D eigenvalue weighted by Crippen LogP contribution is 2.38. The number of carbonyl (C=O) groups is 1. The summed E-state index contributed by atoms with van der Waals surface area (Å²) in [5.41, 5.74) is 1.88. The van der Waals surface area contributed by atoms with Gasteiger partial charge in [0.25, 0.3) is 0 Å². The molecule has 0 atom stereocenters. The molecule has 104 valence electrons. The molecule has 1 fully saturated rings. The Balaban J connectivity index is 2.38. The van der Waals surface area contributed by atoms with Gasteiger partial charge in [-0.15, -0.1) is 0 Å². The van der Waals surface area contributed by atoms with Gasteiger partial charge in [0, 0.05) is 18.9 Å². The van der Waals surface area contributed by atoms with Gasteiger partial charge in [0.1, 0.15) is 5.82 Å². The molecule has 1 amide bonds. The number of amides is 1. The van der Waals surface area contributed by atoms with Crippen molar-refractivity contribution < 1.29 is 9.18 Å². The Bertz CT molecular complexity index is 467. The number of rotatable bonds is 3. The van der Waals surface area contributed by atoms with Gasteiger partial charge < -0.3 is 10.6 Å². The van der Waals surface area contributed by atoms with E-state index in [-0.39, 0.29) is 17.1 Å². The van der Waals surface area contributed by atoms with Crippen LogP contribution in [0.2, 0.25) is 0 Å². The summed E-state index contributed by atoms with van der Waals surface area (Å²) in [5, 5.41) is 6.03. The number of nitrogens with one attached hydrogen (secondary N) is 2. The second kappa shape index (κ2) is 5.70. The lowest BCUT2D eigenvalue weighted by molar-refractivity contribution is -0.122. The third-order valence-corrected chi connectivity index (χ3v) is 4.10. The van der Waals surface area contributed by atoms with E-state index in [2.05, 4.69) is 10.6 Å². The zero-order valence-electron chi connectivity index (χ0n) is 11.6. The number of benzene rings is 1. The van der Waals surface area contributed by atoms with E-state index in [1.807, 2.05) is 13.0 Å². The van der Waals surface area contributed by atoms with Crippen molar-refractivity contribution in [3.63, 3.8) is 0 Å². The van der Waals surface area contributed by atoms with Crippen molar-refractivity contribution in [2.24, 2.45) is 0 Å². The van der Waals surface area contributed by atoms with Gasteiger partial charge in [-0.25, -0.2) is 4.39 Å². The van der Waals surface area contributed by atoms with Crippen molar-refractivity contribution in [3.8, 4) is 0 Å². The van der Waals surface area contributed by atoms with E-state index in [0.29, 0.717) is 6.42 Å². The Morgan fingerprint density at radius 2 is 2.11 bits per heavy atom. The first kappa shape index (κ1) is 14.0. The Morgan fingerprint density at radius 3 is 2.68 bits per heavy atom. The molecular weight excluding hydrogens is 243 g/mol. The van der Waals surface area contributed by atoms with Crippen molar-refractivity contribution in [3.05, 3.63) is 35.1 Å². The molecule has 0 radical (unpaired) electrons. The fourth-order valence-corrected chi connectivity index (χ4v) is 3.06. The smallest absolute Gasteiger partial charge is 0.220 e. The minimum Gasteiger partial charge on any atom is -0.359 e. The van der Waals surface area contributed by atoms with Gasteiger partial charge in [0.2, 0.25) is 5.91 Å². The number of halogens is 1. The van der Waals surface area contributed by atoms with Crippen LogP contribution in [0.15, 0.2) is 18.2 Å². The van der Waals surface area contributed by atoms with Crippen molar-refractivity contribution >= 4 is 5.91 Å². The maximum atomic E-state index is 13.3. The second-order valence-electron chi connectivity index (χ2n) is 5.34. The van der Waals surface area contributed by atoms with Crippen molar-refractivity contribution in [1.82, 2.24) is 10.6 Å². The van der Waals surface area contributed by atoms with Gasteiger partial charge in [0.05, 0.1) is 0 Å². The number of hydrogen-bond donors (Lipinski definition) is 2. The van der Waals surface area contributed by atoms with Gasteiger partial charge in [-0.3, -0.25) is 4.79 Å². The standard InChI is InChI=1S/C15H21FN2O/c1-11-9-12(16)3-4-13(11)15(10-14(19)17-2)5-7-18-8-6-15/h3-4,9,18H,5-8,10H2,1-2H3,(H,17,19). The van der Waals surface area contributed by atoms with Crippen molar-refractivity contribution in [1.29, 1.82) is 0 Å². The fraction of sp³-hybridized carbons (Fsp3) is 0.533. The van der Waals surface area contributed by atoms with Crippen molar-refractivity contribution in [2.45, 2.75) is 31.6 Å². The van der Waals surface area contributed by atoms with Crippen molar-refractivity contribution in [2.75, 3.05) is 20.1 Å². The first-order valence-corrected chi connectivity index (χ1v) is 6.75. The largest absolute Gasteiger partial charge is 0.359 e. The van der Waals surface area contributed by atoms with Gasteiger partial charge in [-0.2, -0.15) is 0 Å². The summed E-state index contributed by atoms with van der Waals surface area (Å²) in [6, 6.07) is 4.90. The molecule has 1 saturated heterocycles. The van der Waals surface area contributed by atoms with E-state index < -0.39 is 0 Å². The second-order valence-corrected chi connectivity index (χ2v) is 5.34.